The van der Waals surface area contributed by atoms with Crippen LogP contribution in [0.3, 0.4) is 0 Å². The maximum absolute atomic E-state index is 13.9. The van der Waals surface area contributed by atoms with Crippen LogP contribution < -0.4 is 10.7 Å². The molecule has 1 aliphatic heterocycles. The molecule has 1 aromatic heterocycles. The summed E-state index contributed by atoms with van der Waals surface area (Å²) in [6.07, 6.45) is 3.93. The Hall–Kier alpha value is -3.11. The van der Waals surface area contributed by atoms with Gasteiger partial charge in [-0.15, -0.1) is 0 Å². The Balaban J connectivity index is 1.70. The van der Waals surface area contributed by atoms with E-state index in [2.05, 4.69) is 5.32 Å². The van der Waals surface area contributed by atoms with E-state index in [0.717, 1.165) is 18.9 Å². The number of Topliss-reactive ketones (excluding diaryl/α,β-unsaturated/α-hetero) is 1. The first-order valence-corrected chi connectivity index (χ1v) is 11.0. The molecule has 10 heteroatoms. The first-order chi connectivity index (χ1) is 16.1. The number of benzene rings is 1. The first-order valence-electron chi connectivity index (χ1n) is 11.0. The summed E-state index contributed by atoms with van der Waals surface area (Å²) in [5.41, 5.74) is -3.45. The fourth-order valence-electron chi connectivity index (χ4n) is 5.06. The van der Waals surface area contributed by atoms with Gasteiger partial charge in [-0.3, -0.25) is 14.4 Å². The molecule has 2 aliphatic rings. The van der Waals surface area contributed by atoms with Crippen LogP contribution in [-0.2, 0) is 22.6 Å². The lowest BCUT2D eigenvalue weighted by molar-refractivity contribution is -0.197. The second kappa shape index (κ2) is 8.92. The molecular formula is C24H26F2N2O6. The van der Waals surface area contributed by atoms with Gasteiger partial charge in [0.15, 0.2) is 11.5 Å². The van der Waals surface area contributed by atoms with Gasteiger partial charge >= 0.3 is 0 Å². The highest BCUT2D eigenvalue weighted by atomic mass is 19.1. The second-order valence-electron chi connectivity index (χ2n) is 9.03. The molecule has 1 aromatic carbocycles. The quantitative estimate of drug-likeness (QED) is 0.621. The van der Waals surface area contributed by atoms with E-state index in [0.29, 0.717) is 18.9 Å². The molecule has 1 saturated carbocycles. The molecule has 0 saturated heterocycles. The topological polar surface area (TPSA) is 107 Å². The zero-order valence-electron chi connectivity index (χ0n) is 19.0. The first kappa shape index (κ1) is 24.0. The molecule has 0 bridgehead atoms. The highest BCUT2D eigenvalue weighted by Gasteiger charge is 2.59. The van der Waals surface area contributed by atoms with Crippen molar-refractivity contribution in [2.45, 2.75) is 51.3 Å². The summed E-state index contributed by atoms with van der Waals surface area (Å²) in [5.74, 6) is -3.70. The Labute approximate surface area is 194 Å². The van der Waals surface area contributed by atoms with Crippen molar-refractivity contribution in [3.05, 3.63) is 63.1 Å². The molecule has 34 heavy (non-hydrogen) atoms. The summed E-state index contributed by atoms with van der Waals surface area (Å²) in [7, 11) is 1.48. The van der Waals surface area contributed by atoms with Crippen LogP contribution in [0.1, 0.15) is 59.0 Å². The van der Waals surface area contributed by atoms with E-state index >= 15 is 0 Å². The third-order valence-corrected chi connectivity index (χ3v) is 7.06. The largest absolute Gasteiger partial charge is 0.503 e. The number of ether oxygens (including phenoxy) is 2. The van der Waals surface area contributed by atoms with Crippen LogP contribution in [0.25, 0.3) is 0 Å². The van der Waals surface area contributed by atoms with Gasteiger partial charge < -0.3 is 24.5 Å². The zero-order chi connectivity index (χ0) is 24.7. The number of rotatable bonds is 6. The SMILES string of the molecule is COCO[C@@]12CCCC[C@]1(C)C(=O)c1c(O)c(=O)c(C(=O)NCc3ccc(F)cc3F)cn1C2. The Bertz CT molecular complexity index is 1210. The van der Waals surface area contributed by atoms with Gasteiger partial charge in [0.2, 0.25) is 5.43 Å². The normalized spacial score (nSPS) is 23.8. The van der Waals surface area contributed by atoms with E-state index < -0.39 is 51.1 Å². The smallest absolute Gasteiger partial charge is 0.257 e. The van der Waals surface area contributed by atoms with E-state index in [1.165, 1.54) is 23.9 Å². The molecule has 1 amide bonds. The Kier molecular flexibility index (Phi) is 6.30. The van der Waals surface area contributed by atoms with Crippen LogP contribution in [-0.4, -0.2) is 40.9 Å². The van der Waals surface area contributed by atoms with Crippen LogP contribution >= 0.6 is 0 Å². The number of halogens is 2. The molecule has 1 fully saturated rings. The number of carbonyl (C=O) groups excluding carboxylic acids is 2. The minimum Gasteiger partial charge on any atom is -0.503 e. The summed E-state index contributed by atoms with van der Waals surface area (Å²) in [5, 5.41) is 13.1. The lowest BCUT2D eigenvalue weighted by atomic mass is 9.59. The molecule has 2 N–H and O–H groups in total. The summed E-state index contributed by atoms with van der Waals surface area (Å²) in [6, 6.07) is 2.92. The van der Waals surface area contributed by atoms with Crippen molar-refractivity contribution in [1.82, 2.24) is 9.88 Å². The van der Waals surface area contributed by atoms with Crippen LogP contribution in [0.2, 0.25) is 0 Å². The lowest BCUT2D eigenvalue weighted by Crippen LogP contribution is -2.61. The van der Waals surface area contributed by atoms with Crippen LogP contribution in [0, 0.1) is 17.0 Å². The van der Waals surface area contributed by atoms with Gasteiger partial charge in [-0.25, -0.2) is 8.78 Å². The number of amides is 1. The fourth-order valence-corrected chi connectivity index (χ4v) is 5.06. The number of hydrogen-bond acceptors (Lipinski definition) is 6. The number of nitrogens with zero attached hydrogens (tertiary/aromatic N) is 1. The molecule has 1 aliphatic carbocycles. The number of aromatic nitrogens is 1. The number of hydrogen-bond donors (Lipinski definition) is 2. The molecule has 2 atom stereocenters. The van der Waals surface area contributed by atoms with E-state index in [1.807, 2.05) is 0 Å². The number of fused-ring (bicyclic) bond motifs is 2. The minimum atomic E-state index is -0.999. The molecule has 0 radical (unpaired) electrons. The van der Waals surface area contributed by atoms with Crippen LogP contribution in [0.4, 0.5) is 8.78 Å². The Morgan fingerprint density at radius 3 is 2.68 bits per heavy atom. The van der Waals surface area contributed by atoms with Gasteiger partial charge in [0.05, 0.1) is 12.0 Å². The van der Waals surface area contributed by atoms with E-state index in [1.54, 1.807) is 6.92 Å². The van der Waals surface area contributed by atoms with Crippen LogP contribution in [0.5, 0.6) is 5.75 Å². The second-order valence-corrected chi connectivity index (χ2v) is 9.03. The lowest BCUT2D eigenvalue weighted by Gasteiger charge is -2.53. The third kappa shape index (κ3) is 3.80. The molecule has 8 nitrogen and oxygen atoms in total. The van der Waals surface area contributed by atoms with Crippen molar-refractivity contribution < 1.29 is 33.0 Å². The molecule has 0 unspecified atom stereocenters. The number of carbonyl (C=O) groups is 2. The molecule has 0 spiro atoms. The zero-order valence-corrected chi connectivity index (χ0v) is 19.0. The molecular weight excluding hydrogens is 450 g/mol. The number of pyridine rings is 1. The van der Waals surface area contributed by atoms with E-state index in [4.69, 9.17) is 9.47 Å². The van der Waals surface area contributed by atoms with Gasteiger partial charge in [-0.1, -0.05) is 18.9 Å². The van der Waals surface area contributed by atoms with Crippen molar-refractivity contribution in [1.29, 1.82) is 0 Å². The monoisotopic (exact) mass is 476 g/mol. The third-order valence-electron chi connectivity index (χ3n) is 7.06. The standard InChI is InChI=1S/C24H26F2N2O6/c1-23-7-3-4-8-24(23,34-13-33-2)12-28-11-16(19(29)20(30)18(28)21(23)31)22(32)27-10-14-5-6-15(25)9-17(14)26/h5-6,9,11,30H,3-4,7-8,10,12-13H2,1-2H3,(H,27,32)/t23-,24-/m1/s1. The average molecular weight is 476 g/mol. The van der Waals surface area contributed by atoms with Crippen molar-refractivity contribution in [2.75, 3.05) is 13.9 Å². The number of ketones is 1. The van der Waals surface area contributed by atoms with Crippen molar-refractivity contribution in [3.63, 3.8) is 0 Å². The van der Waals surface area contributed by atoms with Crippen LogP contribution in [0.15, 0.2) is 29.2 Å². The summed E-state index contributed by atoms with van der Waals surface area (Å²) >= 11 is 0. The van der Waals surface area contributed by atoms with Gasteiger partial charge in [-0.2, -0.15) is 0 Å². The number of methoxy groups -OCH3 is 1. The summed E-state index contributed by atoms with van der Waals surface area (Å²) in [4.78, 5) is 39.1. The molecule has 182 valence electrons. The van der Waals surface area contributed by atoms with Gasteiger partial charge in [0.25, 0.3) is 5.91 Å². The Morgan fingerprint density at radius 2 is 1.97 bits per heavy atom. The molecule has 2 aromatic rings. The van der Waals surface area contributed by atoms with Gasteiger partial charge in [0, 0.05) is 31.5 Å². The summed E-state index contributed by atoms with van der Waals surface area (Å²) in [6.45, 7) is 1.57. The van der Waals surface area contributed by atoms with E-state index in [9.17, 15) is 28.3 Å². The van der Waals surface area contributed by atoms with Gasteiger partial charge in [-0.05, 0) is 25.8 Å². The summed E-state index contributed by atoms with van der Waals surface area (Å²) < 4.78 is 39.5. The van der Waals surface area contributed by atoms with Crippen molar-refractivity contribution in [3.8, 4) is 5.75 Å². The van der Waals surface area contributed by atoms with Crippen molar-refractivity contribution >= 4 is 11.7 Å². The minimum absolute atomic E-state index is 0.0251. The molecule has 4 rings (SSSR count). The Morgan fingerprint density at radius 1 is 1.24 bits per heavy atom. The number of aromatic hydroxyl groups is 1. The maximum Gasteiger partial charge on any atom is 0.257 e. The predicted octanol–water partition coefficient (Wildman–Crippen LogP) is 2.90. The highest BCUT2D eigenvalue weighted by Crippen LogP contribution is 2.52. The average Bonchev–Trinajstić information content (AvgIpc) is 2.80. The molecule has 2 heterocycles. The fraction of sp³-hybridized carbons (Fsp3) is 0.458. The number of nitrogens with one attached hydrogen (secondary N) is 1. The maximum atomic E-state index is 13.9. The van der Waals surface area contributed by atoms with Crippen molar-refractivity contribution in [2.24, 2.45) is 5.41 Å². The van der Waals surface area contributed by atoms with Gasteiger partial charge in [0.1, 0.15) is 35.3 Å². The predicted molar refractivity (Wildman–Crippen MR) is 116 cm³/mol. The highest BCUT2D eigenvalue weighted by molar-refractivity contribution is 6.04. The van der Waals surface area contributed by atoms with E-state index in [-0.39, 0.29) is 31.1 Å².